The second kappa shape index (κ2) is 5.61. The maximum atomic E-state index is 9.48. The van der Waals surface area contributed by atoms with E-state index in [1.54, 1.807) is 0 Å². The topological polar surface area (TPSA) is 160 Å². The predicted molar refractivity (Wildman–Crippen MR) is 47.8 cm³/mol. The highest BCUT2D eigenvalue weighted by Gasteiger charge is 2.51. The molecule has 1 aliphatic rings. The van der Waals surface area contributed by atoms with Gasteiger partial charge in [-0.25, -0.2) is 4.89 Å². The van der Waals surface area contributed by atoms with Crippen molar-refractivity contribution in [3.05, 3.63) is 0 Å². The zero-order valence-electron chi connectivity index (χ0n) is 7.86. The van der Waals surface area contributed by atoms with Crippen LogP contribution >= 0.6 is 8.60 Å². The Morgan fingerprint density at radius 3 is 1.69 bits per heavy atom. The van der Waals surface area contributed by atoms with Crippen LogP contribution in [0, 0.1) is 0 Å². The molecule has 0 aliphatic heterocycles. The predicted octanol–water partition coefficient (Wildman–Crippen LogP) is -3.10. The van der Waals surface area contributed by atoms with Gasteiger partial charge in [-0.1, -0.05) is 0 Å². The van der Waals surface area contributed by atoms with E-state index in [0.717, 1.165) is 0 Å². The molecule has 0 aromatic rings. The third kappa shape index (κ3) is 2.66. The summed E-state index contributed by atoms with van der Waals surface area (Å²) in [7, 11) is -2.88. The highest BCUT2D eigenvalue weighted by atomic mass is 31.2. The van der Waals surface area contributed by atoms with Gasteiger partial charge in [-0.15, -0.1) is 0 Å². The summed E-state index contributed by atoms with van der Waals surface area (Å²) in [6.07, 6.45) is -10.2. The van der Waals surface area contributed by atoms with Gasteiger partial charge in [-0.2, -0.15) is 0 Å². The van der Waals surface area contributed by atoms with E-state index in [-0.39, 0.29) is 0 Å². The van der Waals surface area contributed by atoms with Crippen molar-refractivity contribution in [2.24, 2.45) is 0 Å². The fraction of sp³-hybridized carbons (Fsp3) is 1.00. The second-order valence-corrected chi connectivity index (χ2v) is 4.07. The van der Waals surface area contributed by atoms with Crippen LogP contribution in [-0.4, -0.2) is 72.1 Å². The molecule has 0 amide bonds. The van der Waals surface area contributed by atoms with E-state index in [2.05, 4.69) is 9.41 Å². The lowest BCUT2D eigenvalue weighted by Crippen LogP contribution is -2.64. The molecular formula is C6H13O9P. The first-order chi connectivity index (χ1) is 7.40. The summed E-state index contributed by atoms with van der Waals surface area (Å²) in [6, 6.07) is 0. The fourth-order valence-corrected chi connectivity index (χ4v) is 2.01. The van der Waals surface area contributed by atoms with Crippen LogP contribution in [-0.2, 0) is 9.41 Å². The van der Waals surface area contributed by atoms with E-state index >= 15 is 0 Å². The molecule has 9 nitrogen and oxygen atoms in total. The summed E-state index contributed by atoms with van der Waals surface area (Å²) in [5, 5.41) is 45.9. The molecule has 0 bridgehead atoms. The van der Waals surface area contributed by atoms with Crippen molar-refractivity contribution in [2.45, 2.75) is 36.6 Å². The van der Waals surface area contributed by atoms with Crippen molar-refractivity contribution < 1.29 is 44.9 Å². The molecule has 0 heterocycles. The third-order valence-electron chi connectivity index (χ3n) is 2.38. The van der Waals surface area contributed by atoms with Crippen molar-refractivity contribution in [1.82, 2.24) is 0 Å². The zero-order valence-corrected chi connectivity index (χ0v) is 8.75. The summed E-state index contributed by atoms with van der Waals surface area (Å²) >= 11 is 0. The summed E-state index contributed by atoms with van der Waals surface area (Å²) in [5.41, 5.74) is 0. The molecule has 0 saturated heterocycles. The molecule has 7 N–H and O–H groups in total. The zero-order chi connectivity index (χ0) is 12.5. The Kier molecular flexibility index (Phi) is 4.95. The Bertz CT molecular complexity index is 226. The van der Waals surface area contributed by atoms with Crippen LogP contribution in [0.25, 0.3) is 0 Å². The van der Waals surface area contributed by atoms with Crippen LogP contribution in [0.4, 0.5) is 0 Å². The molecule has 10 heteroatoms. The molecular weight excluding hydrogens is 247 g/mol. The third-order valence-corrected chi connectivity index (χ3v) is 2.82. The van der Waals surface area contributed by atoms with Gasteiger partial charge in [0.25, 0.3) is 0 Å². The SMILES string of the molecule is OO[C@H]1[C@H](O)[C@@H](OP(O)O)[C@H](O)[C@H](O)[C@@H]1O. The fourth-order valence-electron chi connectivity index (χ4n) is 1.54. The minimum absolute atomic E-state index is 1.60. The van der Waals surface area contributed by atoms with Gasteiger partial charge in [0.2, 0.25) is 0 Å². The van der Waals surface area contributed by atoms with Crippen LogP contribution in [0.1, 0.15) is 0 Å². The summed E-state index contributed by atoms with van der Waals surface area (Å²) in [5.74, 6) is 0. The molecule has 96 valence electrons. The van der Waals surface area contributed by atoms with Gasteiger partial charge < -0.3 is 34.7 Å². The Hall–Kier alpha value is 0.0700. The van der Waals surface area contributed by atoms with Crippen molar-refractivity contribution in [2.75, 3.05) is 0 Å². The van der Waals surface area contributed by atoms with Crippen LogP contribution in [0.3, 0.4) is 0 Å². The first-order valence-corrected chi connectivity index (χ1v) is 5.43. The average Bonchev–Trinajstić information content (AvgIpc) is 2.22. The van der Waals surface area contributed by atoms with Crippen LogP contribution < -0.4 is 0 Å². The molecule has 0 spiro atoms. The minimum atomic E-state index is -2.88. The smallest absolute Gasteiger partial charge is 0.327 e. The van der Waals surface area contributed by atoms with Crippen LogP contribution in [0.2, 0.25) is 0 Å². The molecule has 1 rings (SSSR count). The van der Waals surface area contributed by atoms with E-state index < -0.39 is 45.2 Å². The molecule has 1 aliphatic carbocycles. The number of aliphatic hydroxyl groups is 4. The standard InChI is InChI=1S/C6H13O9P/c7-1-2(8)5(14-11)4(10)6(3(1)9)15-16(12)13/h1-13H/t1-,2+,3-,4+,5-,6+/m1/s1. The first-order valence-electron chi connectivity index (χ1n) is 4.27. The lowest BCUT2D eigenvalue weighted by Gasteiger charge is -2.41. The number of hydrogen-bond donors (Lipinski definition) is 7. The molecule has 1 saturated carbocycles. The second-order valence-electron chi connectivity index (χ2n) is 3.36. The minimum Gasteiger partial charge on any atom is -0.387 e. The molecule has 0 unspecified atom stereocenters. The highest BCUT2D eigenvalue weighted by molar-refractivity contribution is 7.39. The van der Waals surface area contributed by atoms with Crippen molar-refractivity contribution in [1.29, 1.82) is 0 Å². The van der Waals surface area contributed by atoms with Crippen LogP contribution in [0.5, 0.6) is 0 Å². The van der Waals surface area contributed by atoms with Gasteiger partial charge in [-0.3, -0.25) is 5.26 Å². The summed E-state index contributed by atoms with van der Waals surface area (Å²) in [6.45, 7) is 0. The first kappa shape index (κ1) is 14.1. The van der Waals surface area contributed by atoms with E-state index in [0.29, 0.717) is 0 Å². The van der Waals surface area contributed by atoms with Crippen molar-refractivity contribution in [3.8, 4) is 0 Å². The van der Waals surface area contributed by atoms with E-state index in [1.165, 1.54) is 0 Å². The molecule has 0 radical (unpaired) electrons. The van der Waals surface area contributed by atoms with Gasteiger partial charge in [-0.05, 0) is 0 Å². The van der Waals surface area contributed by atoms with Gasteiger partial charge in [0.15, 0.2) is 0 Å². The Balaban J connectivity index is 2.82. The summed E-state index contributed by atoms with van der Waals surface area (Å²) < 4.78 is 4.38. The maximum absolute atomic E-state index is 9.48. The van der Waals surface area contributed by atoms with Crippen LogP contribution in [0.15, 0.2) is 0 Å². The number of aliphatic hydroxyl groups excluding tert-OH is 4. The largest absolute Gasteiger partial charge is 0.387 e. The normalized spacial score (nSPS) is 45.0. The van der Waals surface area contributed by atoms with Crippen molar-refractivity contribution >= 4 is 8.60 Å². The van der Waals surface area contributed by atoms with Gasteiger partial charge in [0, 0.05) is 0 Å². The van der Waals surface area contributed by atoms with Gasteiger partial charge in [0.1, 0.15) is 36.6 Å². The molecule has 1 fully saturated rings. The lowest BCUT2D eigenvalue weighted by molar-refractivity contribution is -0.346. The van der Waals surface area contributed by atoms with Gasteiger partial charge in [0.05, 0.1) is 0 Å². The average molecular weight is 260 g/mol. The molecule has 16 heavy (non-hydrogen) atoms. The Labute approximate surface area is 91.0 Å². The monoisotopic (exact) mass is 260 g/mol. The number of rotatable bonds is 3. The van der Waals surface area contributed by atoms with Crippen molar-refractivity contribution in [3.63, 3.8) is 0 Å². The highest BCUT2D eigenvalue weighted by Crippen LogP contribution is 2.34. The van der Waals surface area contributed by atoms with E-state index in [4.69, 9.17) is 15.0 Å². The Morgan fingerprint density at radius 2 is 1.25 bits per heavy atom. The van der Waals surface area contributed by atoms with Gasteiger partial charge >= 0.3 is 8.60 Å². The van der Waals surface area contributed by atoms with E-state index in [9.17, 15) is 20.4 Å². The maximum Gasteiger partial charge on any atom is 0.327 e. The number of hydrogen-bond acceptors (Lipinski definition) is 9. The Morgan fingerprint density at radius 1 is 0.750 bits per heavy atom. The lowest BCUT2D eigenvalue weighted by atomic mass is 9.85. The molecule has 0 aromatic carbocycles. The quantitative estimate of drug-likeness (QED) is 0.158. The summed E-state index contributed by atoms with van der Waals surface area (Å²) in [4.78, 5) is 20.9. The molecule has 0 aromatic heterocycles. The molecule has 6 atom stereocenters. The van der Waals surface area contributed by atoms with E-state index in [1.807, 2.05) is 0 Å².